The van der Waals surface area contributed by atoms with E-state index in [-0.39, 0.29) is 25.3 Å². The van der Waals surface area contributed by atoms with Crippen LogP contribution in [-0.4, -0.2) is 78.5 Å². The molecule has 0 heterocycles. The fourth-order valence-corrected chi connectivity index (χ4v) is 4.53. The topological polar surface area (TPSA) is 102 Å². The summed E-state index contributed by atoms with van der Waals surface area (Å²) >= 11 is 0. The van der Waals surface area contributed by atoms with E-state index in [9.17, 15) is 19.5 Å². The highest BCUT2D eigenvalue weighted by atomic mass is 16.3. The van der Waals surface area contributed by atoms with Gasteiger partial charge in [0.15, 0.2) is 0 Å². The number of aliphatic hydroxyl groups is 1. The van der Waals surface area contributed by atoms with Gasteiger partial charge in [0.2, 0.25) is 17.7 Å². The van der Waals surface area contributed by atoms with Crippen molar-refractivity contribution in [2.45, 2.75) is 64.6 Å². The van der Waals surface area contributed by atoms with Crippen LogP contribution in [0.2, 0.25) is 0 Å². The molecule has 2 aromatic carbocycles. The van der Waals surface area contributed by atoms with Gasteiger partial charge in [0.05, 0.1) is 12.0 Å². The molecule has 228 valence electrons. The number of hydrogen-bond donors (Lipinski definition) is 3. The summed E-state index contributed by atoms with van der Waals surface area (Å²) in [6, 6.07) is 18.7. The first-order chi connectivity index (χ1) is 20.1. The second kappa shape index (κ2) is 18.7. The molecule has 42 heavy (non-hydrogen) atoms. The second-order valence-electron chi connectivity index (χ2n) is 11.5. The third-order valence-corrected chi connectivity index (χ3v) is 7.20. The summed E-state index contributed by atoms with van der Waals surface area (Å²) in [7, 11) is 3.76. The van der Waals surface area contributed by atoms with Gasteiger partial charge in [0.25, 0.3) is 0 Å². The standard InChI is InChI=1S/C34H48N4O4/c1-6-13-31(34(42)35-24-30(39)19-18-26(2)3)36-33(41)29(22-27-14-9-7-10-15-27)23-32(40)38(5)21-20-37(4)25-28-16-11-8-12-17-28/h1,7-12,14-17,26,29-31,39H,13,18-25H2,2-5H3,(H,35,42)(H,36,41)/t29-,30+,31+/m1/s1. The number of hydrogen-bond acceptors (Lipinski definition) is 5. The molecular weight excluding hydrogens is 528 g/mol. The lowest BCUT2D eigenvalue weighted by molar-refractivity contribution is -0.136. The molecule has 0 saturated carbocycles. The van der Waals surface area contributed by atoms with E-state index in [1.54, 1.807) is 11.9 Å². The summed E-state index contributed by atoms with van der Waals surface area (Å²) in [5, 5.41) is 15.7. The summed E-state index contributed by atoms with van der Waals surface area (Å²) in [4.78, 5) is 43.4. The molecule has 3 amide bonds. The minimum Gasteiger partial charge on any atom is -0.391 e. The Morgan fingerprint density at radius 1 is 0.905 bits per heavy atom. The first-order valence-electron chi connectivity index (χ1n) is 14.8. The molecule has 0 saturated heterocycles. The first kappa shape index (κ1) is 34.5. The van der Waals surface area contributed by atoms with Crippen LogP contribution in [0.1, 0.15) is 50.7 Å². The van der Waals surface area contributed by atoms with Crippen molar-refractivity contribution in [2.24, 2.45) is 11.8 Å². The van der Waals surface area contributed by atoms with Crippen LogP contribution in [0.5, 0.6) is 0 Å². The van der Waals surface area contributed by atoms with Crippen molar-refractivity contribution in [1.82, 2.24) is 20.4 Å². The molecule has 0 radical (unpaired) electrons. The van der Waals surface area contributed by atoms with E-state index in [1.807, 2.05) is 55.6 Å². The Labute approximate surface area is 251 Å². The molecule has 8 heteroatoms. The van der Waals surface area contributed by atoms with Gasteiger partial charge in [-0.2, -0.15) is 0 Å². The lowest BCUT2D eigenvalue weighted by Gasteiger charge is -2.25. The Hall–Kier alpha value is -3.67. The highest BCUT2D eigenvalue weighted by Gasteiger charge is 2.28. The van der Waals surface area contributed by atoms with Crippen molar-refractivity contribution in [3.8, 4) is 12.3 Å². The molecule has 0 aliphatic heterocycles. The van der Waals surface area contributed by atoms with E-state index in [0.717, 1.165) is 18.5 Å². The van der Waals surface area contributed by atoms with Crippen molar-refractivity contribution in [3.05, 3.63) is 71.8 Å². The van der Waals surface area contributed by atoms with Gasteiger partial charge >= 0.3 is 0 Å². The number of terminal acetylenes is 1. The van der Waals surface area contributed by atoms with Crippen molar-refractivity contribution in [1.29, 1.82) is 0 Å². The molecule has 2 rings (SSSR count). The minimum absolute atomic E-state index is 0.000677. The monoisotopic (exact) mass is 576 g/mol. The molecular formula is C34H48N4O4. The molecule has 2 aromatic rings. The van der Waals surface area contributed by atoms with Gasteiger partial charge in [-0.15, -0.1) is 12.3 Å². The van der Waals surface area contributed by atoms with E-state index in [1.165, 1.54) is 5.56 Å². The number of carbonyl (C=O) groups excluding carboxylic acids is 3. The van der Waals surface area contributed by atoms with Gasteiger partial charge in [-0.3, -0.25) is 14.4 Å². The maximum Gasteiger partial charge on any atom is 0.243 e. The molecule has 0 aliphatic carbocycles. The lowest BCUT2D eigenvalue weighted by atomic mass is 9.94. The fourth-order valence-electron chi connectivity index (χ4n) is 4.53. The molecule has 8 nitrogen and oxygen atoms in total. The average molecular weight is 577 g/mol. The van der Waals surface area contributed by atoms with Crippen LogP contribution in [0, 0.1) is 24.2 Å². The number of rotatable bonds is 18. The van der Waals surface area contributed by atoms with Crippen LogP contribution < -0.4 is 10.6 Å². The van der Waals surface area contributed by atoms with Crippen molar-refractivity contribution in [2.75, 3.05) is 33.7 Å². The number of likely N-dealkylation sites (N-methyl/N-ethyl adjacent to an activating group) is 2. The van der Waals surface area contributed by atoms with Crippen LogP contribution >= 0.6 is 0 Å². The maximum absolute atomic E-state index is 13.5. The zero-order valence-corrected chi connectivity index (χ0v) is 25.6. The Morgan fingerprint density at radius 2 is 1.52 bits per heavy atom. The molecule has 0 aliphatic rings. The van der Waals surface area contributed by atoms with Gasteiger partial charge in [-0.05, 0) is 43.4 Å². The maximum atomic E-state index is 13.5. The predicted octanol–water partition coefficient (Wildman–Crippen LogP) is 3.25. The molecule has 3 N–H and O–H groups in total. The van der Waals surface area contributed by atoms with Crippen LogP contribution in [-0.2, 0) is 27.3 Å². The highest BCUT2D eigenvalue weighted by molar-refractivity contribution is 5.91. The number of aliphatic hydroxyl groups excluding tert-OH is 1. The Bertz CT molecular complexity index is 1130. The number of nitrogens with zero attached hydrogens (tertiary/aromatic N) is 2. The Balaban J connectivity index is 2.01. The van der Waals surface area contributed by atoms with E-state index >= 15 is 0 Å². The third kappa shape index (κ3) is 13.3. The van der Waals surface area contributed by atoms with E-state index in [2.05, 4.69) is 47.4 Å². The van der Waals surface area contributed by atoms with Crippen molar-refractivity contribution >= 4 is 17.7 Å². The third-order valence-electron chi connectivity index (χ3n) is 7.20. The zero-order chi connectivity index (χ0) is 30.9. The van der Waals surface area contributed by atoms with E-state index in [0.29, 0.717) is 31.8 Å². The van der Waals surface area contributed by atoms with Gasteiger partial charge < -0.3 is 25.5 Å². The molecule has 0 bridgehead atoms. The minimum atomic E-state index is -0.961. The van der Waals surface area contributed by atoms with Crippen LogP contribution in [0.4, 0.5) is 0 Å². The average Bonchev–Trinajstić information content (AvgIpc) is 2.97. The van der Waals surface area contributed by atoms with Gasteiger partial charge in [0.1, 0.15) is 6.04 Å². The summed E-state index contributed by atoms with van der Waals surface area (Å²) in [5.74, 6) is 1.21. The quantitative estimate of drug-likeness (QED) is 0.237. The highest BCUT2D eigenvalue weighted by Crippen LogP contribution is 2.15. The zero-order valence-electron chi connectivity index (χ0n) is 25.6. The molecule has 0 fully saturated rings. The number of nitrogens with one attached hydrogen (secondary N) is 2. The summed E-state index contributed by atoms with van der Waals surface area (Å²) in [6.45, 7) is 6.20. The largest absolute Gasteiger partial charge is 0.391 e. The Kier molecular flexibility index (Phi) is 15.4. The predicted molar refractivity (Wildman–Crippen MR) is 167 cm³/mol. The summed E-state index contributed by atoms with van der Waals surface area (Å²) in [6.07, 6.45) is 6.59. The summed E-state index contributed by atoms with van der Waals surface area (Å²) < 4.78 is 0. The van der Waals surface area contributed by atoms with Crippen molar-refractivity contribution in [3.63, 3.8) is 0 Å². The van der Waals surface area contributed by atoms with Crippen LogP contribution in [0.15, 0.2) is 60.7 Å². The molecule has 0 unspecified atom stereocenters. The number of carbonyl (C=O) groups is 3. The van der Waals surface area contributed by atoms with Gasteiger partial charge in [-0.1, -0.05) is 74.5 Å². The molecule has 3 atom stereocenters. The lowest BCUT2D eigenvalue weighted by Crippen LogP contribution is -2.50. The van der Waals surface area contributed by atoms with E-state index in [4.69, 9.17) is 6.42 Å². The normalized spacial score (nSPS) is 13.2. The fraction of sp³-hybridized carbons (Fsp3) is 0.500. The SMILES string of the molecule is C#CC[C@H](NC(=O)[C@@H](CC(=O)N(C)CCN(C)Cc1ccccc1)Cc1ccccc1)C(=O)NC[C@@H](O)CCC(C)C. The Morgan fingerprint density at radius 3 is 2.12 bits per heavy atom. The summed E-state index contributed by atoms with van der Waals surface area (Å²) in [5.41, 5.74) is 2.12. The van der Waals surface area contributed by atoms with Crippen molar-refractivity contribution < 1.29 is 19.5 Å². The smallest absolute Gasteiger partial charge is 0.243 e. The molecule has 0 spiro atoms. The van der Waals surface area contributed by atoms with Gasteiger partial charge in [0, 0.05) is 46.1 Å². The first-order valence-corrected chi connectivity index (χ1v) is 14.8. The second-order valence-corrected chi connectivity index (χ2v) is 11.5. The van der Waals surface area contributed by atoms with E-state index < -0.39 is 29.9 Å². The van der Waals surface area contributed by atoms with Gasteiger partial charge in [-0.25, -0.2) is 0 Å². The van der Waals surface area contributed by atoms with Crippen LogP contribution in [0.3, 0.4) is 0 Å². The van der Waals surface area contributed by atoms with Crippen LogP contribution in [0.25, 0.3) is 0 Å². The number of benzene rings is 2. The number of amides is 3. The molecule has 0 aromatic heterocycles.